The van der Waals surface area contributed by atoms with Crippen molar-refractivity contribution in [2.24, 2.45) is 0 Å². The smallest absolute Gasteiger partial charge is 0.261 e. The molecule has 0 saturated carbocycles. The van der Waals surface area contributed by atoms with Crippen molar-refractivity contribution in [2.45, 2.75) is 31.6 Å². The van der Waals surface area contributed by atoms with Gasteiger partial charge >= 0.3 is 0 Å². The van der Waals surface area contributed by atoms with Crippen LogP contribution in [-0.4, -0.2) is 34.6 Å². The number of methoxy groups -OCH3 is 1. The second-order valence-corrected chi connectivity index (χ2v) is 9.62. The summed E-state index contributed by atoms with van der Waals surface area (Å²) in [5.41, 5.74) is 2.61. The second kappa shape index (κ2) is 11.6. The summed E-state index contributed by atoms with van der Waals surface area (Å²) in [4.78, 5) is 12.7. The largest absolute Gasteiger partial charge is 0.497 e. The zero-order chi connectivity index (χ0) is 24.6. The maximum Gasteiger partial charge on any atom is 0.261 e. The van der Waals surface area contributed by atoms with Crippen LogP contribution in [0.2, 0.25) is 0 Å². The fourth-order valence-electron chi connectivity index (χ4n) is 3.23. The summed E-state index contributed by atoms with van der Waals surface area (Å²) in [6.07, 6.45) is 1.53. The molecule has 0 radical (unpaired) electrons. The minimum absolute atomic E-state index is 0.0190. The molecule has 34 heavy (non-hydrogen) atoms. The van der Waals surface area contributed by atoms with Crippen LogP contribution in [0.25, 0.3) is 0 Å². The van der Waals surface area contributed by atoms with Gasteiger partial charge in [0.05, 0.1) is 18.6 Å². The fourth-order valence-corrected chi connectivity index (χ4v) is 4.32. The number of hydrogen-bond acceptors (Lipinski definition) is 5. The molecule has 1 amide bonds. The summed E-state index contributed by atoms with van der Waals surface area (Å²) >= 11 is 0. The third kappa shape index (κ3) is 6.99. The molecule has 180 valence electrons. The lowest BCUT2D eigenvalue weighted by Gasteiger charge is -2.12. The Labute approximate surface area is 201 Å². The van der Waals surface area contributed by atoms with E-state index in [4.69, 9.17) is 9.47 Å². The van der Waals surface area contributed by atoms with Gasteiger partial charge in [-0.2, -0.15) is 0 Å². The molecule has 0 aliphatic carbocycles. The van der Waals surface area contributed by atoms with Gasteiger partial charge in [0.25, 0.3) is 15.9 Å². The Bertz CT molecular complexity index is 1210. The van der Waals surface area contributed by atoms with Gasteiger partial charge in [-0.25, -0.2) is 8.42 Å². The molecule has 0 saturated heterocycles. The SMILES string of the molecule is COc1ccc(NS(=O)(=O)c2ccc(C)c(C(=O)NCCCCOc3ccc(C)cc3)c2)cc1. The summed E-state index contributed by atoms with van der Waals surface area (Å²) in [6, 6.07) is 18.9. The summed E-state index contributed by atoms with van der Waals surface area (Å²) < 4.78 is 39.0. The van der Waals surface area contributed by atoms with E-state index in [1.807, 2.05) is 31.2 Å². The van der Waals surface area contributed by atoms with E-state index < -0.39 is 10.0 Å². The Balaban J connectivity index is 1.53. The van der Waals surface area contributed by atoms with E-state index in [1.54, 1.807) is 37.3 Å². The minimum Gasteiger partial charge on any atom is -0.497 e. The number of nitrogens with one attached hydrogen (secondary N) is 2. The normalized spacial score (nSPS) is 11.0. The van der Waals surface area contributed by atoms with Crippen LogP contribution in [-0.2, 0) is 10.0 Å². The summed E-state index contributed by atoms with van der Waals surface area (Å²) in [7, 11) is -2.32. The molecule has 3 rings (SSSR count). The van der Waals surface area contributed by atoms with Crippen molar-refractivity contribution < 1.29 is 22.7 Å². The number of unbranched alkanes of at least 4 members (excludes halogenated alkanes) is 1. The lowest BCUT2D eigenvalue weighted by Crippen LogP contribution is -2.26. The average molecular weight is 483 g/mol. The van der Waals surface area contributed by atoms with Crippen molar-refractivity contribution >= 4 is 21.6 Å². The Morgan fingerprint density at radius 3 is 2.24 bits per heavy atom. The van der Waals surface area contributed by atoms with Gasteiger partial charge in [-0.05, 0) is 80.8 Å². The van der Waals surface area contributed by atoms with Gasteiger partial charge in [-0.1, -0.05) is 23.8 Å². The molecule has 0 fully saturated rings. The van der Waals surface area contributed by atoms with Crippen LogP contribution < -0.4 is 19.5 Å². The molecule has 8 heteroatoms. The molecule has 0 atom stereocenters. The highest BCUT2D eigenvalue weighted by Gasteiger charge is 2.18. The molecule has 3 aromatic rings. The maximum absolute atomic E-state index is 12.8. The highest BCUT2D eigenvalue weighted by Crippen LogP contribution is 2.21. The molecule has 0 bridgehead atoms. The molecular formula is C26H30N2O5S. The molecule has 0 aromatic heterocycles. The molecule has 7 nitrogen and oxygen atoms in total. The number of benzene rings is 3. The predicted molar refractivity (Wildman–Crippen MR) is 133 cm³/mol. The van der Waals surface area contributed by atoms with Crippen LogP contribution in [0.5, 0.6) is 11.5 Å². The molecule has 0 spiro atoms. The molecule has 0 unspecified atom stereocenters. The number of aryl methyl sites for hydroxylation is 2. The first-order chi connectivity index (χ1) is 16.3. The van der Waals surface area contributed by atoms with E-state index in [9.17, 15) is 13.2 Å². The van der Waals surface area contributed by atoms with Crippen molar-refractivity contribution in [2.75, 3.05) is 25.0 Å². The van der Waals surface area contributed by atoms with Gasteiger partial charge in [0.15, 0.2) is 0 Å². The topological polar surface area (TPSA) is 93.7 Å². The third-order valence-corrected chi connectivity index (χ3v) is 6.63. The second-order valence-electron chi connectivity index (χ2n) is 7.94. The molecule has 0 heterocycles. The van der Waals surface area contributed by atoms with Gasteiger partial charge in [-0.15, -0.1) is 0 Å². The van der Waals surface area contributed by atoms with E-state index in [1.165, 1.54) is 24.8 Å². The third-order valence-electron chi connectivity index (χ3n) is 5.25. The lowest BCUT2D eigenvalue weighted by atomic mass is 10.1. The number of hydrogen-bond donors (Lipinski definition) is 2. The molecule has 0 aliphatic heterocycles. The standard InChI is InChI=1S/C26H30N2O5S/c1-19-6-11-23(12-7-19)33-17-5-4-16-27-26(29)25-18-24(15-8-20(25)2)34(30,31)28-21-9-13-22(32-3)14-10-21/h6-15,18,28H,4-5,16-17H2,1-3H3,(H,27,29). The van der Waals surface area contributed by atoms with Crippen molar-refractivity contribution in [1.82, 2.24) is 5.32 Å². The monoisotopic (exact) mass is 482 g/mol. The average Bonchev–Trinajstić information content (AvgIpc) is 2.82. The summed E-state index contributed by atoms with van der Waals surface area (Å²) in [6.45, 7) is 4.83. The number of ether oxygens (including phenoxy) is 2. The van der Waals surface area contributed by atoms with Crippen LogP contribution in [0.15, 0.2) is 71.6 Å². The number of anilines is 1. The number of amides is 1. The minimum atomic E-state index is -3.85. The highest BCUT2D eigenvalue weighted by atomic mass is 32.2. The van der Waals surface area contributed by atoms with Gasteiger partial charge in [0.1, 0.15) is 11.5 Å². The Morgan fingerprint density at radius 2 is 1.56 bits per heavy atom. The molecule has 2 N–H and O–H groups in total. The van der Waals surface area contributed by atoms with Crippen LogP contribution in [0.4, 0.5) is 5.69 Å². The van der Waals surface area contributed by atoms with Crippen molar-refractivity contribution in [1.29, 1.82) is 0 Å². The number of carbonyl (C=O) groups excluding carboxylic acids is 1. The van der Waals surface area contributed by atoms with Gasteiger partial charge in [0, 0.05) is 17.8 Å². The van der Waals surface area contributed by atoms with Gasteiger partial charge in [0.2, 0.25) is 0 Å². The lowest BCUT2D eigenvalue weighted by molar-refractivity contribution is 0.0951. The van der Waals surface area contributed by atoms with E-state index in [2.05, 4.69) is 10.0 Å². The van der Waals surface area contributed by atoms with Crippen LogP contribution >= 0.6 is 0 Å². The van der Waals surface area contributed by atoms with E-state index >= 15 is 0 Å². The Kier molecular flexibility index (Phi) is 8.54. The number of carbonyl (C=O) groups is 1. The fraction of sp³-hybridized carbons (Fsp3) is 0.269. The summed E-state index contributed by atoms with van der Waals surface area (Å²) in [5, 5.41) is 2.86. The van der Waals surface area contributed by atoms with Crippen LogP contribution in [0.1, 0.15) is 34.3 Å². The van der Waals surface area contributed by atoms with Gasteiger partial charge < -0.3 is 14.8 Å². The predicted octanol–water partition coefficient (Wildman–Crippen LogP) is 4.70. The van der Waals surface area contributed by atoms with E-state index in [0.29, 0.717) is 35.7 Å². The van der Waals surface area contributed by atoms with E-state index in [-0.39, 0.29) is 10.8 Å². The maximum atomic E-state index is 12.8. The highest BCUT2D eigenvalue weighted by molar-refractivity contribution is 7.92. The summed E-state index contributed by atoms with van der Waals surface area (Å²) in [5.74, 6) is 1.14. The van der Waals surface area contributed by atoms with Crippen molar-refractivity contribution in [3.63, 3.8) is 0 Å². The molecule has 3 aromatic carbocycles. The number of sulfonamides is 1. The number of rotatable bonds is 11. The first-order valence-corrected chi connectivity index (χ1v) is 12.5. The Morgan fingerprint density at radius 1 is 0.882 bits per heavy atom. The van der Waals surface area contributed by atoms with Crippen molar-refractivity contribution in [3.8, 4) is 11.5 Å². The van der Waals surface area contributed by atoms with Crippen LogP contribution in [0.3, 0.4) is 0 Å². The molecular weight excluding hydrogens is 452 g/mol. The van der Waals surface area contributed by atoms with E-state index in [0.717, 1.165) is 18.6 Å². The zero-order valence-electron chi connectivity index (χ0n) is 19.6. The first-order valence-electron chi connectivity index (χ1n) is 11.0. The van der Waals surface area contributed by atoms with Gasteiger partial charge in [-0.3, -0.25) is 9.52 Å². The zero-order valence-corrected chi connectivity index (χ0v) is 20.4. The Hall–Kier alpha value is -3.52. The van der Waals surface area contributed by atoms with Crippen molar-refractivity contribution in [3.05, 3.63) is 83.4 Å². The molecule has 0 aliphatic rings. The quantitative estimate of drug-likeness (QED) is 0.386. The van der Waals surface area contributed by atoms with Crippen LogP contribution in [0, 0.1) is 13.8 Å². The first kappa shape index (κ1) is 25.1.